The van der Waals surface area contributed by atoms with Gasteiger partial charge in [-0.3, -0.25) is 4.79 Å². The van der Waals surface area contributed by atoms with E-state index in [1.807, 2.05) is 0 Å². The van der Waals surface area contributed by atoms with Crippen LogP contribution in [-0.2, 0) is 9.53 Å². The number of ether oxygens (including phenoxy) is 1. The first kappa shape index (κ1) is 15.1. The maximum atomic E-state index is 12.2. The minimum atomic E-state index is -1.16. The van der Waals surface area contributed by atoms with Crippen LogP contribution in [0.25, 0.3) is 0 Å². The van der Waals surface area contributed by atoms with Gasteiger partial charge in [0.25, 0.3) is 5.91 Å². The zero-order chi connectivity index (χ0) is 15.4. The summed E-state index contributed by atoms with van der Waals surface area (Å²) < 4.78 is 5.89. The molecule has 1 atom stereocenters. The Morgan fingerprint density at radius 3 is 2.38 bits per heavy atom. The molecule has 2 rings (SSSR count). The number of nitrogen functional groups attached to an aromatic ring is 1. The third-order valence-electron chi connectivity index (χ3n) is 2.82. The molecule has 0 aromatic heterocycles. The number of benzene rings is 2. The van der Waals surface area contributed by atoms with Crippen molar-refractivity contribution in [2.45, 2.75) is 6.10 Å². The van der Waals surface area contributed by atoms with Crippen molar-refractivity contribution in [3.05, 3.63) is 64.1 Å². The highest BCUT2D eigenvalue weighted by Crippen LogP contribution is 2.23. The predicted octanol–water partition coefficient (Wildman–Crippen LogP) is 2.41. The van der Waals surface area contributed by atoms with E-state index in [1.54, 1.807) is 42.5 Å². The molecular weight excluding hydrogens is 336 g/mol. The first-order valence-corrected chi connectivity index (χ1v) is 6.88. The standard InChI is InChI=1S/C15H13BrN2O3/c16-10-6-7-12(17)11(8-10)15(20)21-13(14(18)19)9-4-2-1-3-5-9/h1-8,13H,17H2,(H2,18,19). The molecule has 0 aliphatic carbocycles. The number of hydrogen-bond donors (Lipinski definition) is 2. The van der Waals surface area contributed by atoms with Gasteiger partial charge in [-0.05, 0) is 18.2 Å². The van der Waals surface area contributed by atoms with Crippen molar-refractivity contribution in [2.24, 2.45) is 5.73 Å². The van der Waals surface area contributed by atoms with Crippen LogP contribution in [0.2, 0.25) is 0 Å². The number of esters is 1. The van der Waals surface area contributed by atoms with E-state index in [4.69, 9.17) is 16.2 Å². The molecule has 0 aliphatic heterocycles. The molecule has 2 aromatic carbocycles. The number of rotatable bonds is 4. The summed E-state index contributed by atoms with van der Waals surface area (Å²) in [6.07, 6.45) is -1.16. The highest BCUT2D eigenvalue weighted by molar-refractivity contribution is 9.10. The molecule has 0 radical (unpaired) electrons. The number of anilines is 1. The monoisotopic (exact) mass is 348 g/mol. The number of carbonyl (C=O) groups excluding carboxylic acids is 2. The number of amides is 1. The number of primary amides is 1. The Kier molecular flexibility index (Phi) is 4.59. The van der Waals surface area contributed by atoms with E-state index in [-0.39, 0.29) is 11.3 Å². The van der Waals surface area contributed by atoms with Crippen molar-refractivity contribution in [3.63, 3.8) is 0 Å². The first-order chi connectivity index (χ1) is 9.99. The molecule has 0 fully saturated rings. The number of halogens is 1. The van der Waals surface area contributed by atoms with Gasteiger partial charge >= 0.3 is 5.97 Å². The van der Waals surface area contributed by atoms with E-state index in [9.17, 15) is 9.59 Å². The van der Waals surface area contributed by atoms with E-state index in [2.05, 4.69) is 15.9 Å². The molecule has 0 heterocycles. The Morgan fingerprint density at radius 1 is 1.10 bits per heavy atom. The van der Waals surface area contributed by atoms with Crippen LogP contribution < -0.4 is 11.5 Å². The Morgan fingerprint density at radius 2 is 1.76 bits per heavy atom. The summed E-state index contributed by atoms with van der Waals surface area (Å²) in [7, 11) is 0. The molecule has 0 aliphatic rings. The van der Waals surface area contributed by atoms with Crippen molar-refractivity contribution >= 4 is 33.5 Å². The van der Waals surface area contributed by atoms with E-state index < -0.39 is 18.0 Å². The molecule has 1 unspecified atom stereocenters. The van der Waals surface area contributed by atoms with Crippen LogP contribution in [0.4, 0.5) is 5.69 Å². The molecule has 0 spiro atoms. The van der Waals surface area contributed by atoms with Crippen LogP contribution in [0.3, 0.4) is 0 Å². The SMILES string of the molecule is NC(=O)C(OC(=O)c1cc(Br)ccc1N)c1ccccc1. The lowest BCUT2D eigenvalue weighted by atomic mass is 10.1. The molecule has 0 bridgehead atoms. The Balaban J connectivity index is 2.27. The van der Waals surface area contributed by atoms with Gasteiger partial charge in [0.2, 0.25) is 6.10 Å². The minimum absolute atomic E-state index is 0.173. The fraction of sp³-hybridized carbons (Fsp3) is 0.0667. The predicted molar refractivity (Wildman–Crippen MR) is 82.3 cm³/mol. The molecule has 0 saturated heterocycles. The van der Waals surface area contributed by atoms with E-state index in [0.717, 1.165) is 0 Å². The second kappa shape index (κ2) is 6.41. The third-order valence-corrected chi connectivity index (χ3v) is 3.31. The minimum Gasteiger partial charge on any atom is -0.444 e. The van der Waals surface area contributed by atoms with Gasteiger partial charge in [-0.25, -0.2) is 4.79 Å². The van der Waals surface area contributed by atoms with Gasteiger partial charge in [0.15, 0.2) is 0 Å². The lowest BCUT2D eigenvalue weighted by Crippen LogP contribution is -2.26. The maximum Gasteiger partial charge on any atom is 0.341 e. The molecule has 2 aromatic rings. The summed E-state index contributed by atoms with van der Waals surface area (Å²) in [5, 5.41) is 0. The van der Waals surface area contributed by atoms with Crippen molar-refractivity contribution in [2.75, 3.05) is 5.73 Å². The summed E-state index contributed by atoms with van der Waals surface area (Å²) in [5.41, 5.74) is 12.0. The van der Waals surface area contributed by atoms with Gasteiger partial charge in [0.1, 0.15) is 0 Å². The third kappa shape index (κ3) is 3.61. The molecule has 1 amide bonds. The number of hydrogen-bond acceptors (Lipinski definition) is 4. The number of carbonyl (C=O) groups is 2. The summed E-state index contributed by atoms with van der Waals surface area (Å²) in [6.45, 7) is 0. The summed E-state index contributed by atoms with van der Waals surface area (Å²) in [4.78, 5) is 23.7. The van der Waals surface area contributed by atoms with Gasteiger partial charge in [0.05, 0.1) is 5.56 Å². The van der Waals surface area contributed by atoms with Crippen LogP contribution >= 0.6 is 15.9 Å². The van der Waals surface area contributed by atoms with Crippen LogP contribution in [0.15, 0.2) is 53.0 Å². The van der Waals surface area contributed by atoms with Crippen LogP contribution in [0.5, 0.6) is 0 Å². The maximum absolute atomic E-state index is 12.2. The molecule has 5 nitrogen and oxygen atoms in total. The number of nitrogens with two attached hydrogens (primary N) is 2. The van der Waals surface area contributed by atoms with Crippen molar-refractivity contribution in [1.29, 1.82) is 0 Å². The van der Waals surface area contributed by atoms with Gasteiger partial charge in [0, 0.05) is 15.7 Å². The zero-order valence-electron chi connectivity index (χ0n) is 11.0. The average Bonchev–Trinajstić information content (AvgIpc) is 2.47. The molecule has 4 N–H and O–H groups in total. The molecule has 21 heavy (non-hydrogen) atoms. The van der Waals surface area contributed by atoms with Crippen molar-refractivity contribution in [1.82, 2.24) is 0 Å². The van der Waals surface area contributed by atoms with E-state index in [0.29, 0.717) is 10.0 Å². The van der Waals surface area contributed by atoms with E-state index >= 15 is 0 Å². The zero-order valence-corrected chi connectivity index (χ0v) is 12.5. The highest BCUT2D eigenvalue weighted by Gasteiger charge is 2.24. The lowest BCUT2D eigenvalue weighted by Gasteiger charge is -2.15. The Labute approximate surface area is 130 Å². The fourth-order valence-electron chi connectivity index (χ4n) is 1.79. The first-order valence-electron chi connectivity index (χ1n) is 6.09. The quantitative estimate of drug-likeness (QED) is 0.655. The fourth-order valence-corrected chi connectivity index (χ4v) is 2.16. The summed E-state index contributed by atoms with van der Waals surface area (Å²) >= 11 is 3.25. The van der Waals surface area contributed by atoms with Crippen molar-refractivity contribution in [3.8, 4) is 0 Å². The topological polar surface area (TPSA) is 95.4 Å². The average molecular weight is 349 g/mol. The summed E-state index contributed by atoms with van der Waals surface area (Å²) in [5.74, 6) is -1.45. The van der Waals surface area contributed by atoms with Gasteiger partial charge < -0.3 is 16.2 Å². The van der Waals surface area contributed by atoms with E-state index in [1.165, 1.54) is 6.07 Å². The van der Waals surface area contributed by atoms with Crippen LogP contribution in [0.1, 0.15) is 22.0 Å². The smallest absolute Gasteiger partial charge is 0.341 e. The lowest BCUT2D eigenvalue weighted by molar-refractivity contribution is -0.127. The Hall–Kier alpha value is -2.34. The normalized spacial score (nSPS) is 11.7. The second-order valence-corrected chi connectivity index (χ2v) is 5.25. The van der Waals surface area contributed by atoms with Crippen molar-refractivity contribution < 1.29 is 14.3 Å². The largest absolute Gasteiger partial charge is 0.444 e. The van der Waals surface area contributed by atoms with Gasteiger partial charge in [-0.15, -0.1) is 0 Å². The van der Waals surface area contributed by atoms with Crippen LogP contribution in [0, 0.1) is 0 Å². The van der Waals surface area contributed by atoms with Gasteiger partial charge in [-0.2, -0.15) is 0 Å². The highest BCUT2D eigenvalue weighted by atomic mass is 79.9. The molecular formula is C15H13BrN2O3. The summed E-state index contributed by atoms with van der Waals surface area (Å²) in [6, 6.07) is 13.4. The Bertz CT molecular complexity index is 674. The molecule has 6 heteroatoms. The van der Waals surface area contributed by atoms with Gasteiger partial charge in [-0.1, -0.05) is 46.3 Å². The molecule has 0 saturated carbocycles. The molecule has 108 valence electrons. The van der Waals surface area contributed by atoms with Crippen LogP contribution in [-0.4, -0.2) is 11.9 Å². The second-order valence-electron chi connectivity index (χ2n) is 4.33.